The molecular weight excluding hydrogens is 384 g/mol. The third kappa shape index (κ3) is 4.04. The molecule has 0 radical (unpaired) electrons. The highest BCUT2D eigenvalue weighted by atomic mass is 35.5. The zero-order valence-corrected chi connectivity index (χ0v) is 15.7. The maximum absolute atomic E-state index is 12.2. The Balaban J connectivity index is 1.51. The van der Waals surface area contributed by atoms with Crippen LogP contribution in [0.5, 0.6) is 0 Å². The summed E-state index contributed by atoms with van der Waals surface area (Å²) >= 11 is 6.08. The summed E-state index contributed by atoms with van der Waals surface area (Å²) in [4.78, 5) is 49.2. The third-order valence-corrected chi connectivity index (χ3v) is 4.62. The molecule has 1 N–H and O–H groups in total. The fourth-order valence-corrected chi connectivity index (χ4v) is 3.19. The quantitative estimate of drug-likeness (QED) is 0.593. The highest BCUT2D eigenvalue weighted by Gasteiger charge is 2.36. The molecular formula is C20H17ClN2O5. The van der Waals surface area contributed by atoms with E-state index in [2.05, 4.69) is 5.32 Å². The average Bonchev–Trinajstić information content (AvgIpc) is 2.92. The number of nitrogens with one attached hydrogen (secondary N) is 1. The Kier molecular flexibility index (Phi) is 5.75. The summed E-state index contributed by atoms with van der Waals surface area (Å²) in [6, 6.07) is 13.0. The molecule has 28 heavy (non-hydrogen) atoms. The molecule has 0 bridgehead atoms. The van der Waals surface area contributed by atoms with Crippen LogP contribution in [0, 0.1) is 0 Å². The second-order valence-electron chi connectivity index (χ2n) is 6.21. The van der Waals surface area contributed by atoms with Gasteiger partial charge in [-0.2, -0.15) is 0 Å². The van der Waals surface area contributed by atoms with E-state index in [0.717, 1.165) is 10.5 Å². The zero-order valence-electron chi connectivity index (χ0n) is 15.0. The lowest BCUT2D eigenvalue weighted by molar-refractivity contribution is -0.148. The van der Waals surface area contributed by atoms with Crippen molar-refractivity contribution in [2.75, 3.05) is 13.2 Å². The molecule has 1 aliphatic rings. The van der Waals surface area contributed by atoms with E-state index in [-0.39, 0.29) is 17.2 Å². The molecule has 8 heteroatoms. The number of carbonyl (C=O) groups is 4. The first-order valence-corrected chi connectivity index (χ1v) is 8.91. The topological polar surface area (TPSA) is 92.8 Å². The summed E-state index contributed by atoms with van der Waals surface area (Å²) in [6.45, 7) is 0.663. The monoisotopic (exact) mass is 400 g/mol. The van der Waals surface area contributed by atoms with Crippen LogP contribution in [0.25, 0.3) is 0 Å². The summed E-state index contributed by atoms with van der Waals surface area (Å²) < 4.78 is 4.90. The molecule has 0 saturated carbocycles. The van der Waals surface area contributed by atoms with E-state index in [1.54, 1.807) is 43.3 Å². The Bertz CT molecular complexity index is 924. The largest absolute Gasteiger partial charge is 0.454 e. The van der Waals surface area contributed by atoms with Crippen LogP contribution in [0.2, 0.25) is 5.02 Å². The fraction of sp³-hybridized carbons (Fsp3) is 0.200. The Hall–Kier alpha value is -3.19. The number of imide groups is 1. The van der Waals surface area contributed by atoms with Gasteiger partial charge in [0.2, 0.25) is 0 Å². The molecule has 2 aromatic carbocycles. The summed E-state index contributed by atoms with van der Waals surface area (Å²) in [6.07, 6.45) is 0. The van der Waals surface area contributed by atoms with Gasteiger partial charge >= 0.3 is 5.97 Å². The van der Waals surface area contributed by atoms with Gasteiger partial charge in [0.1, 0.15) is 6.54 Å². The van der Waals surface area contributed by atoms with E-state index in [9.17, 15) is 19.2 Å². The van der Waals surface area contributed by atoms with Gasteiger partial charge in [0.15, 0.2) is 6.61 Å². The van der Waals surface area contributed by atoms with Crippen LogP contribution in [0.4, 0.5) is 0 Å². The number of hydrogen-bond acceptors (Lipinski definition) is 5. The van der Waals surface area contributed by atoms with Crippen molar-refractivity contribution in [1.82, 2.24) is 10.2 Å². The van der Waals surface area contributed by atoms with E-state index in [4.69, 9.17) is 16.3 Å². The standard InChI is InChI=1S/C20H17ClN2O5/c1-12(13-6-4-5-9-16(13)21)22-17(24)11-28-18(25)10-23-19(26)14-7-2-3-8-15(14)20(23)27/h2-9,12H,10-11H2,1H3,(H,22,24)/t12-/m1/s1. The van der Waals surface area contributed by atoms with Gasteiger partial charge in [-0.25, -0.2) is 0 Å². The van der Waals surface area contributed by atoms with Crippen molar-refractivity contribution >= 4 is 35.3 Å². The Morgan fingerprint density at radius 3 is 2.21 bits per heavy atom. The number of halogens is 1. The Morgan fingerprint density at radius 2 is 1.61 bits per heavy atom. The second kappa shape index (κ2) is 8.22. The number of fused-ring (bicyclic) bond motifs is 1. The number of ether oxygens (including phenoxy) is 1. The number of rotatable bonds is 6. The zero-order chi connectivity index (χ0) is 20.3. The fourth-order valence-electron chi connectivity index (χ4n) is 2.89. The minimum atomic E-state index is -0.852. The molecule has 0 saturated heterocycles. The lowest BCUT2D eigenvalue weighted by atomic mass is 10.1. The van der Waals surface area contributed by atoms with Crippen LogP contribution in [0.1, 0.15) is 39.2 Å². The first-order valence-electron chi connectivity index (χ1n) is 8.53. The van der Waals surface area contributed by atoms with E-state index < -0.39 is 36.8 Å². The van der Waals surface area contributed by atoms with Crippen LogP contribution >= 0.6 is 11.6 Å². The van der Waals surface area contributed by atoms with Crippen LogP contribution in [0.15, 0.2) is 48.5 Å². The van der Waals surface area contributed by atoms with Crippen molar-refractivity contribution in [1.29, 1.82) is 0 Å². The number of hydrogen-bond donors (Lipinski definition) is 1. The van der Waals surface area contributed by atoms with Crippen molar-refractivity contribution in [2.45, 2.75) is 13.0 Å². The second-order valence-corrected chi connectivity index (χ2v) is 6.62. The van der Waals surface area contributed by atoms with Gasteiger partial charge in [0.25, 0.3) is 17.7 Å². The molecule has 144 valence electrons. The normalized spacial score (nSPS) is 13.9. The van der Waals surface area contributed by atoms with E-state index >= 15 is 0 Å². The van der Waals surface area contributed by atoms with Gasteiger partial charge in [-0.05, 0) is 30.7 Å². The first-order chi connectivity index (χ1) is 13.4. The predicted molar refractivity (Wildman–Crippen MR) is 101 cm³/mol. The number of carbonyl (C=O) groups excluding carboxylic acids is 4. The average molecular weight is 401 g/mol. The van der Waals surface area contributed by atoms with Gasteiger partial charge in [-0.15, -0.1) is 0 Å². The Morgan fingerprint density at radius 1 is 1.04 bits per heavy atom. The summed E-state index contributed by atoms with van der Waals surface area (Å²) in [5.41, 5.74) is 1.22. The molecule has 0 spiro atoms. The maximum atomic E-state index is 12.2. The summed E-state index contributed by atoms with van der Waals surface area (Å²) in [5.74, 6) is -2.50. The van der Waals surface area contributed by atoms with Crippen molar-refractivity contribution in [3.05, 3.63) is 70.2 Å². The predicted octanol–water partition coefficient (Wildman–Crippen LogP) is 2.36. The van der Waals surface area contributed by atoms with Crippen LogP contribution in [-0.2, 0) is 14.3 Å². The van der Waals surface area contributed by atoms with Crippen LogP contribution < -0.4 is 5.32 Å². The first kappa shape index (κ1) is 19.6. The summed E-state index contributed by atoms with van der Waals surface area (Å²) in [7, 11) is 0. The highest BCUT2D eigenvalue weighted by Crippen LogP contribution is 2.23. The molecule has 7 nitrogen and oxygen atoms in total. The molecule has 3 amide bonds. The highest BCUT2D eigenvalue weighted by molar-refractivity contribution is 6.31. The summed E-state index contributed by atoms with van der Waals surface area (Å²) in [5, 5.41) is 3.18. The van der Waals surface area contributed by atoms with Crippen molar-refractivity contribution in [2.24, 2.45) is 0 Å². The smallest absolute Gasteiger partial charge is 0.326 e. The van der Waals surface area contributed by atoms with E-state index in [0.29, 0.717) is 5.02 Å². The maximum Gasteiger partial charge on any atom is 0.326 e. The lowest BCUT2D eigenvalue weighted by Crippen LogP contribution is -2.37. The molecule has 0 unspecified atom stereocenters. The number of esters is 1. The van der Waals surface area contributed by atoms with E-state index in [1.807, 2.05) is 0 Å². The third-order valence-electron chi connectivity index (χ3n) is 4.28. The number of amides is 3. The SMILES string of the molecule is C[C@@H](NC(=O)COC(=O)CN1C(=O)c2ccccc2C1=O)c1ccccc1Cl. The van der Waals surface area contributed by atoms with Gasteiger partial charge in [0.05, 0.1) is 17.2 Å². The Labute approximate surface area is 166 Å². The van der Waals surface area contributed by atoms with Gasteiger partial charge < -0.3 is 10.1 Å². The molecule has 1 heterocycles. The van der Waals surface area contributed by atoms with Gasteiger partial charge in [-0.3, -0.25) is 24.1 Å². The van der Waals surface area contributed by atoms with E-state index in [1.165, 1.54) is 12.1 Å². The van der Waals surface area contributed by atoms with Crippen LogP contribution in [-0.4, -0.2) is 41.7 Å². The van der Waals surface area contributed by atoms with Crippen molar-refractivity contribution < 1.29 is 23.9 Å². The van der Waals surface area contributed by atoms with Gasteiger partial charge in [-0.1, -0.05) is 41.9 Å². The minimum Gasteiger partial charge on any atom is -0.454 e. The minimum absolute atomic E-state index is 0.242. The molecule has 1 aliphatic heterocycles. The molecule has 2 aromatic rings. The van der Waals surface area contributed by atoms with Crippen molar-refractivity contribution in [3.8, 4) is 0 Å². The molecule has 0 aliphatic carbocycles. The molecule has 3 rings (SSSR count). The lowest BCUT2D eigenvalue weighted by Gasteiger charge is -2.16. The van der Waals surface area contributed by atoms with Crippen LogP contribution in [0.3, 0.4) is 0 Å². The molecule has 1 atom stereocenters. The van der Waals surface area contributed by atoms with Crippen molar-refractivity contribution in [3.63, 3.8) is 0 Å². The molecule has 0 fully saturated rings. The number of benzene rings is 2. The van der Waals surface area contributed by atoms with Gasteiger partial charge in [0, 0.05) is 5.02 Å². The number of nitrogens with zero attached hydrogens (tertiary/aromatic N) is 1. The molecule has 0 aromatic heterocycles.